The van der Waals surface area contributed by atoms with Crippen molar-refractivity contribution < 1.29 is 22.7 Å². The standard InChI is InChI=1S/C15H22N4O5S2/c1-11(2)17-15(21)18-13(20)10-25-14-4-3-12(9-16-14)26(22,23)19-5-7-24-8-6-19/h3-4,9,11H,5-8,10H2,1-2H3,(H2,17,18,20,21). The van der Waals surface area contributed by atoms with Crippen LogP contribution in [-0.4, -0.2) is 67.7 Å². The van der Waals surface area contributed by atoms with E-state index in [1.54, 1.807) is 19.9 Å². The zero-order chi connectivity index (χ0) is 19.2. The van der Waals surface area contributed by atoms with Gasteiger partial charge in [0.15, 0.2) is 0 Å². The smallest absolute Gasteiger partial charge is 0.321 e. The maximum Gasteiger partial charge on any atom is 0.321 e. The second-order valence-electron chi connectivity index (χ2n) is 5.81. The van der Waals surface area contributed by atoms with E-state index in [0.29, 0.717) is 31.3 Å². The Morgan fingerprint density at radius 2 is 2.00 bits per heavy atom. The summed E-state index contributed by atoms with van der Waals surface area (Å²) in [6, 6.07) is 2.38. The van der Waals surface area contributed by atoms with Crippen molar-refractivity contribution in [1.82, 2.24) is 19.9 Å². The molecule has 26 heavy (non-hydrogen) atoms. The van der Waals surface area contributed by atoms with E-state index in [0.717, 1.165) is 11.8 Å². The molecular weight excluding hydrogens is 380 g/mol. The highest BCUT2D eigenvalue weighted by Crippen LogP contribution is 2.20. The van der Waals surface area contributed by atoms with Crippen LogP contribution in [0.5, 0.6) is 0 Å². The van der Waals surface area contributed by atoms with Gasteiger partial charge < -0.3 is 10.1 Å². The number of imide groups is 1. The summed E-state index contributed by atoms with van der Waals surface area (Å²) in [6.07, 6.45) is 1.27. The van der Waals surface area contributed by atoms with Gasteiger partial charge in [0.25, 0.3) is 0 Å². The molecule has 0 bridgehead atoms. The fourth-order valence-corrected chi connectivity index (χ4v) is 4.14. The number of hydrogen-bond acceptors (Lipinski definition) is 7. The molecule has 2 N–H and O–H groups in total. The molecule has 1 fully saturated rings. The quantitative estimate of drug-likeness (QED) is 0.663. The maximum absolute atomic E-state index is 12.5. The van der Waals surface area contributed by atoms with Crippen LogP contribution in [0, 0.1) is 0 Å². The highest BCUT2D eigenvalue weighted by Gasteiger charge is 2.26. The lowest BCUT2D eigenvalue weighted by molar-refractivity contribution is -0.117. The lowest BCUT2D eigenvalue weighted by atomic mass is 10.4. The van der Waals surface area contributed by atoms with E-state index in [1.807, 2.05) is 0 Å². The van der Waals surface area contributed by atoms with E-state index in [9.17, 15) is 18.0 Å². The van der Waals surface area contributed by atoms with Crippen LogP contribution in [0.3, 0.4) is 0 Å². The van der Waals surface area contributed by atoms with Gasteiger partial charge in [0.1, 0.15) is 4.90 Å². The van der Waals surface area contributed by atoms with E-state index in [-0.39, 0.29) is 16.7 Å². The van der Waals surface area contributed by atoms with Gasteiger partial charge in [-0.15, -0.1) is 0 Å². The number of thioether (sulfide) groups is 1. The third-order valence-electron chi connectivity index (χ3n) is 3.34. The number of hydrogen-bond donors (Lipinski definition) is 2. The zero-order valence-electron chi connectivity index (χ0n) is 14.6. The van der Waals surface area contributed by atoms with Gasteiger partial charge in [0.05, 0.1) is 24.0 Å². The topological polar surface area (TPSA) is 118 Å². The molecule has 0 spiro atoms. The van der Waals surface area contributed by atoms with Gasteiger partial charge in [-0.25, -0.2) is 18.2 Å². The average molecular weight is 402 g/mol. The molecule has 9 nitrogen and oxygen atoms in total. The Bertz CT molecular complexity index is 731. The van der Waals surface area contributed by atoms with Crippen molar-refractivity contribution in [2.24, 2.45) is 0 Å². The SMILES string of the molecule is CC(C)NC(=O)NC(=O)CSc1ccc(S(=O)(=O)N2CCOCC2)cn1. The van der Waals surface area contributed by atoms with Gasteiger partial charge in [-0.3, -0.25) is 10.1 Å². The first-order chi connectivity index (χ1) is 12.3. The Labute approximate surface area is 156 Å². The molecule has 1 aliphatic rings. The summed E-state index contributed by atoms with van der Waals surface area (Å²) in [5.74, 6) is -0.464. The molecule has 1 aromatic heterocycles. The number of nitrogens with zero attached hydrogens (tertiary/aromatic N) is 2. The van der Waals surface area contributed by atoms with E-state index in [1.165, 1.54) is 16.6 Å². The Morgan fingerprint density at radius 3 is 2.58 bits per heavy atom. The van der Waals surface area contributed by atoms with Gasteiger partial charge in [-0.2, -0.15) is 4.31 Å². The van der Waals surface area contributed by atoms with Crippen LogP contribution >= 0.6 is 11.8 Å². The van der Waals surface area contributed by atoms with Crippen LogP contribution in [0.1, 0.15) is 13.8 Å². The molecule has 0 radical (unpaired) electrons. The Kier molecular flexibility index (Phi) is 7.38. The fraction of sp³-hybridized carbons (Fsp3) is 0.533. The van der Waals surface area contributed by atoms with Crippen LogP contribution in [0.15, 0.2) is 28.3 Å². The summed E-state index contributed by atoms with van der Waals surface area (Å²) < 4.78 is 31.5. The number of carbonyl (C=O) groups excluding carboxylic acids is 2. The summed E-state index contributed by atoms with van der Waals surface area (Å²) in [6.45, 7) is 4.96. The Balaban J connectivity index is 1.89. The van der Waals surface area contributed by atoms with Crippen LogP contribution in [-0.2, 0) is 19.6 Å². The molecule has 2 rings (SSSR count). The summed E-state index contributed by atoms with van der Waals surface area (Å²) >= 11 is 1.11. The number of pyridine rings is 1. The minimum Gasteiger partial charge on any atom is -0.379 e. The highest BCUT2D eigenvalue weighted by atomic mass is 32.2. The molecule has 0 aliphatic carbocycles. The van der Waals surface area contributed by atoms with Gasteiger partial charge in [-0.05, 0) is 26.0 Å². The largest absolute Gasteiger partial charge is 0.379 e. The molecule has 0 atom stereocenters. The number of urea groups is 1. The molecule has 2 heterocycles. The molecule has 0 unspecified atom stereocenters. The second-order valence-corrected chi connectivity index (χ2v) is 8.75. The molecule has 0 saturated carbocycles. The van der Waals surface area contributed by atoms with E-state index in [4.69, 9.17) is 4.74 Å². The van der Waals surface area contributed by atoms with Gasteiger partial charge in [0, 0.05) is 25.3 Å². The van der Waals surface area contributed by atoms with Crippen molar-refractivity contribution in [3.63, 3.8) is 0 Å². The summed E-state index contributed by atoms with van der Waals surface area (Å²) in [4.78, 5) is 27.3. The Hall–Kier alpha value is -1.69. The number of nitrogens with one attached hydrogen (secondary N) is 2. The lowest BCUT2D eigenvalue weighted by Gasteiger charge is -2.25. The van der Waals surface area contributed by atoms with Crippen molar-refractivity contribution in [1.29, 1.82) is 0 Å². The maximum atomic E-state index is 12.5. The molecule has 0 aromatic carbocycles. The van der Waals surface area contributed by atoms with Crippen LogP contribution in [0.2, 0.25) is 0 Å². The summed E-state index contributed by atoms with van der Waals surface area (Å²) in [5, 5.41) is 5.25. The van der Waals surface area contributed by atoms with E-state index >= 15 is 0 Å². The van der Waals surface area contributed by atoms with Crippen molar-refractivity contribution in [2.45, 2.75) is 29.8 Å². The number of ether oxygens (including phenoxy) is 1. The van der Waals surface area contributed by atoms with E-state index < -0.39 is 22.0 Å². The molecular formula is C15H22N4O5S2. The average Bonchev–Trinajstić information content (AvgIpc) is 2.60. The number of aromatic nitrogens is 1. The van der Waals surface area contributed by atoms with Crippen molar-refractivity contribution >= 4 is 33.7 Å². The summed E-state index contributed by atoms with van der Waals surface area (Å²) in [7, 11) is -3.59. The van der Waals surface area contributed by atoms with Crippen molar-refractivity contribution in [2.75, 3.05) is 32.1 Å². The number of morpholine rings is 1. The van der Waals surface area contributed by atoms with Gasteiger partial charge in [-0.1, -0.05) is 11.8 Å². The second kappa shape index (κ2) is 9.31. The minimum atomic E-state index is -3.59. The van der Waals surface area contributed by atoms with E-state index in [2.05, 4.69) is 15.6 Å². The number of rotatable bonds is 6. The van der Waals surface area contributed by atoms with Crippen molar-refractivity contribution in [3.8, 4) is 0 Å². The third-order valence-corrected chi connectivity index (χ3v) is 6.17. The molecule has 1 saturated heterocycles. The fourth-order valence-electron chi connectivity index (χ4n) is 2.14. The monoisotopic (exact) mass is 402 g/mol. The summed E-state index contributed by atoms with van der Waals surface area (Å²) in [5.41, 5.74) is 0. The molecule has 1 aromatic rings. The predicted molar refractivity (Wildman–Crippen MR) is 96.3 cm³/mol. The molecule has 3 amide bonds. The number of carbonyl (C=O) groups is 2. The number of amides is 3. The van der Waals surface area contributed by atoms with Crippen molar-refractivity contribution in [3.05, 3.63) is 18.3 Å². The van der Waals surface area contributed by atoms with Crippen LogP contribution in [0.4, 0.5) is 4.79 Å². The first-order valence-corrected chi connectivity index (χ1v) is 10.5. The van der Waals surface area contributed by atoms with Gasteiger partial charge >= 0.3 is 6.03 Å². The minimum absolute atomic E-state index is 0.00588. The highest BCUT2D eigenvalue weighted by molar-refractivity contribution is 7.99. The molecule has 144 valence electrons. The lowest BCUT2D eigenvalue weighted by Crippen LogP contribution is -2.43. The Morgan fingerprint density at radius 1 is 1.31 bits per heavy atom. The van der Waals surface area contributed by atoms with Crippen LogP contribution in [0.25, 0.3) is 0 Å². The first-order valence-electron chi connectivity index (χ1n) is 8.06. The zero-order valence-corrected chi connectivity index (χ0v) is 16.2. The van der Waals surface area contributed by atoms with Crippen LogP contribution < -0.4 is 10.6 Å². The number of sulfonamides is 1. The predicted octanol–water partition coefficient (Wildman–Crippen LogP) is 0.429. The normalized spacial score (nSPS) is 15.7. The first kappa shape index (κ1) is 20.6. The third kappa shape index (κ3) is 5.94. The molecule has 1 aliphatic heterocycles. The van der Waals surface area contributed by atoms with Gasteiger partial charge in [0.2, 0.25) is 15.9 Å². The molecule has 11 heteroatoms.